The van der Waals surface area contributed by atoms with E-state index in [1.54, 1.807) is 41.6 Å². The topological polar surface area (TPSA) is 78.9 Å². The number of anilines is 2. The second kappa shape index (κ2) is 9.12. The Hall–Kier alpha value is -4.20. The molecule has 0 saturated carbocycles. The van der Waals surface area contributed by atoms with Crippen molar-refractivity contribution in [3.05, 3.63) is 84.4 Å². The lowest BCUT2D eigenvalue weighted by Crippen LogP contribution is -2.53. The molecule has 8 nitrogen and oxygen atoms in total. The van der Waals surface area contributed by atoms with Gasteiger partial charge in [-0.25, -0.2) is 9.97 Å². The summed E-state index contributed by atoms with van der Waals surface area (Å²) >= 11 is 0. The van der Waals surface area contributed by atoms with E-state index < -0.39 is 0 Å². The van der Waals surface area contributed by atoms with Gasteiger partial charge in [0.15, 0.2) is 11.5 Å². The van der Waals surface area contributed by atoms with E-state index in [1.807, 2.05) is 42.5 Å². The number of hydrogen-bond donors (Lipinski definition) is 0. The summed E-state index contributed by atoms with van der Waals surface area (Å²) in [4.78, 5) is 40.3. The number of carbonyl (C=O) groups is 2. The molecule has 5 rings (SSSR count). The van der Waals surface area contributed by atoms with E-state index in [0.717, 1.165) is 5.56 Å². The fourth-order valence-electron chi connectivity index (χ4n) is 3.97. The van der Waals surface area contributed by atoms with Crippen molar-refractivity contribution in [3.8, 4) is 5.75 Å². The summed E-state index contributed by atoms with van der Waals surface area (Å²) in [6, 6.07) is 18.6. The Morgan fingerprint density at radius 1 is 0.909 bits per heavy atom. The third-order valence-electron chi connectivity index (χ3n) is 5.69. The van der Waals surface area contributed by atoms with Crippen LogP contribution in [0.2, 0.25) is 0 Å². The predicted molar refractivity (Wildman–Crippen MR) is 125 cm³/mol. The van der Waals surface area contributed by atoms with Gasteiger partial charge in [-0.2, -0.15) is 0 Å². The maximum Gasteiger partial charge on any atom is 0.294 e. The maximum atomic E-state index is 13.3. The molecular formula is C25H23N5O3. The molecule has 0 N–H and O–H groups in total. The summed E-state index contributed by atoms with van der Waals surface area (Å²) in [5.41, 5.74) is 1.45. The molecule has 166 valence electrons. The normalized spacial score (nSPS) is 17.0. The summed E-state index contributed by atoms with van der Waals surface area (Å²) in [5, 5.41) is 0. The minimum absolute atomic E-state index is 0.0484. The summed E-state index contributed by atoms with van der Waals surface area (Å²) in [6.45, 7) is 2.33. The lowest BCUT2D eigenvalue weighted by molar-refractivity contribution is -0.131. The molecule has 0 aliphatic carbocycles. The molecule has 33 heavy (non-hydrogen) atoms. The van der Waals surface area contributed by atoms with E-state index in [-0.39, 0.29) is 24.1 Å². The molecule has 3 heterocycles. The molecule has 3 aromatic rings. The number of aromatic nitrogens is 2. The number of rotatable bonds is 4. The molecule has 0 spiro atoms. The van der Waals surface area contributed by atoms with Gasteiger partial charge in [-0.1, -0.05) is 42.5 Å². The van der Waals surface area contributed by atoms with Crippen molar-refractivity contribution in [2.45, 2.75) is 0 Å². The van der Waals surface area contributed by atoms with Gasteiger partial charge in [-0.3, -0.25) is 14.5 Å². The van der Waals surface area contributed by atoms with Crippen LogP contribution in [0.5, 0.6) is 5.75 Å². The Morgan fingerprint density at radius 2 is 1.61 bits per heavy atom. The molecule has 2 aliphatic rings. The Labute approximate surface area is 191 Å². The van der Waals surface area contributed by atoms with E-state index in [2.05, 4.69) is 14.9 Å². The van der Waals surface area contributed by atoms with Gasteiger partial charge in [-0.05, 0) is 29.8 Å². The molecule has 2 amide bonds. The Balaban J connectivity index is 1.32. The first kappa shape index (κ1) is 20.7. The maximum absolute atomic E-state index is 13.3. The summed E-state index contributed by atoms with van der Waals surface area (Å²) in [7, 11) is 0. The molecule has 1 saturated heterocycles. The van der Waals surface area contributed by atoms with E-state index in [9.17, 15) is 9.59 Å². The Bertz CT molecular complexity index is 1170. The fourth-order valence-corrected chi connectivity index (χ4v) is 3.97. The number of amides is 2. The van der Waals surface area contributed by atoms with Crippen molar-refractivity contribution < 1.29 is 14.3 Å². The van der Waals surface area contributed by atoms with Gasteiger partial charge < -0.3 is 14.5 Å². The zero-order valence-corrected chi connectivity index (χ0v) is 18.0. The summed E-state index contributed by atoms with van der Waals surface area (Å²) < 4.78 is 5.89. The number of piperazine rings is 1. The third-order valence-corrected chi connectivity index (χ3v) is 5.69. The van der Waals surface area contributed by atoms with Gasteiger partial charge in [0.1, 0.15) is 6.54 Å². The highest BCUT2D eigenvalue weighted by Crippen LogP contribution is 2.35. The first-order valence-corrected chi connectivity index (χ1v) is 10.8. The summed E-state index contributed by atoms with van der Waals surface area (Å²) in [5.74, 6) is 0.976. The SMILES string of the molecule is O=C(CN1C(=O)/C(=C\c2ccccc2)Oc2ccccc21)N1CCN(c2ncccn2)CC1. The third kappa shape index (κ3) is 4.41. The first-order valence-electron chi connectivity index (χ1n) is 10.8. The van der Waals surface area contributed by atoms with Crippen LogP contribution < -0.4 is 14.5 Å². The number of para-hydroxylation sites is 2. The van der Waals surface area contributed by atoms with Crippen molar-refractivity contribution in [1.29, 1.82) is 0 Å². The number of nitrogens with zero attached hydrogens (tertiary/aromatic N) is 5. The molecule has 8 heteroatoms. The molecule has 1 aromatic heterocycles. The predicted octanol–water partition coefficient (Wildman–Crippen LogP) is 2.59. The molecule has 0 unspecified atom stereocenters. The van der Waals surface area contributed by atoms with Crippen LogP contribution in [-0.2, 0) is 9.59 Å². The highest BCUT2D eigenvalue weighted by Gasteiger charge is 2.33. The van der Waals surface area contributed by atoms with Gasteiger partial charge in [-0.15, -0.1) is 0 Å². The lowest BCUT2D eigenvalue weighted by Gasteiger charge is -2.36. The average Bonchev–Trinajstić information content (AvgIpc) is 2.87. The van der Waals surface area contributed by atoms with Crippen LogP contribution >= 0.6 is 0 Å². The van der Waals surface area contributed by atoms with Gasteiger partial charge in [0.2, 0.25) is 11.9 Å². The van der Waals surface area contributed by atoms with E-state index in [0.29, 0.717) is 43.6 Å². The van der Waals surface area contributed by atoms with Crippen molar-refractivity contribution in [2.24, 2.45) is 0 Å². The minimum atomic E-state index is -0.331. The largest absolute Gasteiger partial charge is 0.449 e. The van der Waals surface area contributed by atoms with Crippen molar-refractivity contribution in [3.63, 3.8) is 0 Å². The molecule has 0 bridgehead atoms. The van der Waals surface area contributed by atoms with Crippen LogP contribution in [0.15, 0.2) is 78.8 Å². The van der Waals surface area contributed by atoms with Crippen LogP contribution in [0.1, 0.15) is 5.56 Å². The highest BCUT2D eigenvalue weighted by molar-refractivity contribution is 6.12. The molecular weight excluding hydrogens is 418 g/mol. The smallest absolute Gasteiger partial charge is 0.294 e. The first-order chi connectivity index (χ1) is 16.2. The van der Waals surface area contributed by atoms with E-state index in [1.165, 1.54) is 4.90 Å². The number of benzene rings is 2. The second-order valence-electron chi connectivity index (χ2n) is 7.80. The van der Waals surface area contributed by atoms with Crippen LogP contribution in [0.3, 0.4) is 0 Å². The summed E-state index contributed by atoms with van der Waals surface area (Å²) in [6.07, 6.45) is 5.12. The average molecular weight is 441 g/mol. The minimum Gasteiger partial charge on any atom is -0.449 e. The number of hydrogen-bond acceptors (Lipinski definition) is 6. The Kier molecular flexibility index (Phi) is 5.72. The number of carbonyl (C=O) groups excluding carboxylic acids is 2. The van der Waals surface area contributed by atoms with Crippen molar-refractivity contribution >= 4 is 29.5 Å². The quantitative estimate of drug-likeness (QED) is 0.579. The van der Waals surface area contributed by atoms with Crippen LogP contribution in [0.4, 0.5) is 11.6 Å². The van der Waals surface area contributed by atoms with Crippen molar-refractivity contribution in [1.82, 2.24) is 14.9 Å². The zero-order valence-electron chi connectivity index (χ0n) is 18.0. The van der Waals surface area contributed by atoms with E-state index >= 15 is 0 Å². The molecule has 0 atom stereocenters. The van der Waals surface area contributed by atoms with Crippen LogP contribution in [-0.4, -0.2) is 59.4 Å². The monoisotopic (exact) mass is 441 g/mol. The van der Waals surface area contributed by atoms with Gasteiger partial charge in [0, 0.05) is 38.6 Å². The fraction of sp³-hybridized carbons (Fsp3) is 0.200. The van der Waals surface area contributed by atoms with E-state index in [4.69, 9.17) is 4.74 Å². The van der Waals surface area contributed by atoms with Crippen LogP contribution in [0.25, 0.3) is 6.08 Å². The lowest BCUT2D eigenvalue weighted by atomic mass is 10.1. The number of fused-ring (bicyclic) bond motifs is 1. The zero-order chi connectivity index (χ0) is 22.6. The number of ether oxygens (including phenoxy) is 1. The van der Waals surface area contributed by atoms with Gasteiger partial charge >= 0.3 is 0 Å². The molecule has 0 radical (unpaired) electrons. The van der Waals surface area contributed by atoms with Crippen molar-refractivity contribution in [2.75, 3.05) is 42.5 Å². The molecule has 1 fully saturated rings. The Morgan fingerprint density at radius 3 is 2.36 bits per heavy atom. The highest BCUT2D eigenvalue weighted by atomic mass is 16.5. The molecule has 2 aliphatic heterocycles. The standard InChI is InChI=1S/C25H23N5O3/c31-23(28-13-15-29(16-14-28)25-26-11-6-12-27-25)18-30-20-9-4-5-10-21(20)33-22(24(30)32)17-19-7-2-1-3-8-19/h1-12,17H,13-16,18H2/b22-17+. The van der Waals surface area contributed by atoms with Gasteiger partial charge in [0.05, 0.1) is 5.69 Å². The van der Waals surface area contributed by atoms with Gasteiger partial charge in [0.25, 0.3) is 5.91 Å². The molecule has 2 aromatic carbocycles. The van der Waals surface area contributed by atoms with Crippen LogP contribution in [0, 0.1) is 0 Å². The second-order valence-corrected chi connectivity index (χ2v) is 7.80.